The van der Waals surface area contributed by atoms with Gasteiger partial charge in [-0.05, 0) is 78.5 Å². The molecule has 5 nitrogen and oxygen atoms in total. The summed E-state index contributed by atoms with van der Waals surface area (Å²) in [6.45, 7) is 1.94. The predicted octanol–water partition coefficient (Wildman–Crippen LogP) is 6.05. The number of aryl methyl sites for hydroxylation is 1. The summed E-state index contributed by atoms with van der Waals surface area (Å²) in [7, 11) is -3.70. The van der Waals surface area contributed by atoms with Gasteiger partial charge in [0.05, 0.1) is 15.9 Å². The third-order valence-electron chi connectivity index (χ3n) is 6.21. The normalized spacial score (nSPS) is 12.5. The van der Waals surface area contributed by atoms with Gasteiger partial charge in [0.25, 0.3) is 0 Å². The molecule has 0 bridgehead atoms. The third-order valence-corrected chi connectivity index (χ3v) is 8.22. The van der Waals surface area contributed by atoms with E-state index < -0.39 is 15.9 Å². The maximum absolute atomic E-state index is 12.9. The Hall–Kier alpha value is -3.16. The van der Waals surface area contributed by atoms with Crippen LogP contribution in [0.2, 0.25) is 5.02 Å². The lowest BCUT2D eigenvalue weighted by Gasteiger charge is -2.25. The van der Waals surface area contributed by atoms with Crippen LogP contribution < -0.4 is 0 Å². The van der Waals surface area contributed by atoms with Crippen LogP contribution in [0.4, 0.5) is 0 Å². The van der Waals surface area contributed by atoms with Gasteiger partial charge in [-0.2, -0.15) is 0 Å². The highest BCUT2D eigenvalue weighted by atomic mass is 35.5. The molecule has 0 radical (unpaired) electrons. The summed E-state index contributed by atoms with van der Waals surface area (Å²) in [4.78, 5) is 2.48. The Labute approximate surface area is 223 Å². The first kappa shape index (κ1) is 26.9. The van der Waals surface area contributed by atoms with Crippen molar-refractivity contribution in [3.8, 4) is 5.75 Å². The number of sulfone groups is 1. The van der Waals surface area contributed by atoms with Gasteiger partial charge in [0, 0.05) is 18.1 Å². The van der Waals surface area contributed by atoms with Crippen molar-refractivity contribution >= 4 is 21.4 Å². The summed E-state index contributed by atoms with van der Waals surface area (Å²) in [5, 5.41) is 21.1. The van der Waals surface area contributed by atoms with Crippen molar-refractivity contribution in [2.45, 2.75) is 35.3 Å². The van der Waals surface area contributed by atoms with E-state index in [0.29, 0.717) is 18.1 Å². The molecule has 0 saturated carbocycles. The molecular formula is C30H30ClNO4S. The maximum Gasteiger partial charge on any atom is 0.206 e. The van der Waals surface area contributed by atoms with Gasteiger partial charge in [-0.15, -0.1) is 0 Å². The zero-order valence-electron chi connectivity index (χ0n) is 20.4. The number of rotatable bonds is 11. The highest BCUT2D eigenvalue weighted by Crippen LogP contribution is 2.24. The van der Waals surface area contributed by atoms with Crippen LogP contribution in [0.25, 0.3) is 0 Å². The molecule has 0 fully saturated rings. The number of phenolic OH excluding ortho intramolecular Hbond substituents is 1. The third kappa shape index (κ3) is 7.43. The molecule has 0 amide bonds. The quantitative estimate of drug-likeness (QED) is 0.244. The molecule has 0 spiro atoms. The smallest absolute Gasteiger partial charge is 0.206 e. The number of halogens is 1. The highest BCUT2D eigenvalue weighted by molar-refractivity contribution is 7.91. The number of benzene rings is 4. The molecule has 0 aliphatic rings. The van der Waals surface area contributed by atoms with E-state index >= 15 is 0 Å². The second-order valence-electron chi connectivity index (χ2n) is 9.04. The lowest BCUT2D eigenvalue weighted by atomic mass is 10.1. The first-order chi connectivity index (χ1) is 17.8. The zero-order chi connectivity index (χ0) is 26.3. The van der Waals surface area contributed by atoms with E-state index in [1.165, 1.54) is 29.8 Å². The van der Waals surface area contributed by atoms with E-state index in [4.69, 9.17) is 11.6 Å². The molecule has 192 valence electrons. The summed E-state index contributed by atoms with van der Waals surface area (Å²) in [6, 6.07) is 30.0. The fourth-order valence-electron chi connectivity index (χ4n) is 4.27. The first-order valence-electron chi connectivity index (χ1n) is 12.1. The molecule has 7 heteroatoms. The topological polar surface area (TPSA) is 77.8 Å². The number of hydrogen-bond donors (Lipinski definition) is 2. The number of aliphatic hydroxyl groups is 1. The van der Waals surface area contributed by atoms with Crippen LogP contribution in [0.5, 0.6) is 5.75 Å². The van der Waals surface area contributed by atoms with Crippen molar-refractivity contribution in [1.29, 1.82) is 0 Å². The minimum Gasteiger partial charge on any atom is -0.508 e. The largest absolute Gasteiger partial charge is 0.508 e. The second kappa shape index (κ2) is 12.4. The highest BCUT2D eigenvalue weighted by Gasteiger charge is 2.18. The van der Waals surface area contributed by atoms with Crippen LogP contribution in [-0.4, -0.2) is 36.6 Å². The lowest BCUT2D eigenvalue weighted by Crippen LogP contribution is -2.29. The van der Waals surface area contributed by atoms with Crippen LogP contribution >= 0.6 is 11.6 Å². The molecule has 4 aromatic carbocycles. The van der Waals surface area contributed by atoms with E-state index in [2.05, 4.69) is 17.0 Å². The number of aliphatic hydroxyl groups excluding tert-OH is 1. The van der Waals surface area contributed by atoms with Gasteiger partial charge in [-0.1, -0.05) is 72.3 Å². The first-order valence-corrected chi connectivity index (χ1v) is 14.0. The molecule has 1 atom stereocenters. The summed E-state index contributed by atoms with van der Waals surface area (Å²) in [5.41, 5.74) is 2.99. The minimum absolute atomic E-state index is 0.0649. The van der Waals surface area contributed by atoms with Gasteiger partial charge < -0.3 is 10.2 Å². The Morgan fingerprint density at radius 1 is 0.784 bits per heavy atom. The average Bonchev–Trinajstić information content (AvgIpc) is 2.89. The molecule has 2 N–H and O–H groups in total. The van der Waals surface area contributed by atoms with E-state index in [0.717, 1.165) is 30.5 Å². The molecule has 0 saturated heterocycles. The van der Waals surface area contributed by atoms with E-state index in [-0.39, 0.29) is 15.5 Å². The molecule has 0 aliphatic carbocycles. The van der Waals surface area contributed by atoms with Crippen LogP contribution in [0.1, 0.15) is 29.2 Å². The number of nitrogens with zero attached hydrogens (tertiary/aromatic N) is 1. The fourth-order valence-corrected chi connectivity index (χ4v) is 5.77. The van der Waals surface area contributed by atoms with Crippen molar-refractivity contribution in [3.05, 3.63) is 125 Å². The number of phenols is 1. The van der Waals surface area contributed by atoms with E-state index in [9.17, 15) is 18.6 Å². The fraction of sp³-hybridized carbons (Fsp3) is 0.200. The van der Waals surface area contributed by atoms with Crippen LogP contribution in [0.3, 0.4) is 0 Å². The number of aromatic hydroxyl groups is 1. The molecule has 0 aliphatic heterocycles. The Kier molecular flexibility index (Phi) is 9.00. The minimum atomic E-state index is -3.70. The van der Waals surface area contributed by atoms with Crippen LogP contribution in [-0.2, 0) is 22.8 Å². The monoisotopic (exact) mass is 535 g/mol. The zero-order valence-corrected chi connectivity index (χ0v) is 21.9. The van der Waals surface area contributed by atoms with Gasteiger partial charge in [0.2, 0.25) is 9.84 Å². The summed E-state index contributed by atoms with van der Waals surface area (Å²) in [6.07, 6.45) is 0.947. The Balaban J connectivity index is 1.40. The predicted molar refractivity (Wildman–Crippen MR) is 146 cm³/mol. The molecule has 0 heterocycles. The van der Waals surface area contributed by atoms with Crippen LogP contribution in [0, 0.1) is 0 Å². The second-order valence-corrected chi connectivity index (χ2v) is 11.4. The Morgan fingerprint density at radius 2 is 1.51 bits per heavy atom. The SMILES string of the molecule is O=S(=O)(c1ccc(CCCN(Cc2ccccc2)C[C@@H](O)c2cccc(Cl)c2)cc1)c1cccc(O)c1. The summed E-state index contributed by atoms with van der Waals surface area (Å²) < 4.78 is 25.7. The molecule has 4 rings (SSSR count). The van der Waals surface area contributed by atoms with Gasteiger partial charge in [-0.25, -0.2) is 8.42 Å². The summed E-state index contributed by atoms with van der Waals surface area (Å²) >= 11 is 6.11. The van der Waals surface area contributed by atoms with Crippen molar-refractivity contribution in [2.75, 3.05) is 13.1 Å². The van der Waals surface area contributed by atoms with Gasteiger partial charge in [-0.3, -0.25) is 4.90 Å². The van der Waals surface area contributed by atoms with Crippen molar-refractivity contribution in [3.63, 3.8) is 0 Å². The average molecular weight is 536 g/mol. The lowest BCUT2D eigenvalue weighted by molar-refractivity contribution is 0.108. The van der Waals surface area contributed by atoms with Crippen molar-refractivity contribution in [2.24, 2.45) is 0 Å². The van der Waals surface area contributed by atoms with Crippen molar-refractivity contribution in [1.82, 2.24) is 4.90 Å². The van der Waals surface area contributed by atoms with Gasteiger partial charge in [0.1, 0.15) is 5.75 Å². The van der Waals surface area contributed by atoms with E-state index in [1.807, 2.05) is 42.5 Å². The molecule has 0 unspecified atom stereocenters. The summed E-state index contributed by atoms with van der Waals surface area (Å²) in [5.74, 6) is -0.0850. The maximum atomic E-state index is 12.9. The Bertz CT molecular complexity index is 1410. The standard InChI is InChI=1S/C30H30ClNO4S/c31-26-11-4-10-25(19-26)30(34)22-32(21-24-7-2-1-3-8-24)18-6-9-23-14-16-28(17-15-23)37(35,36)29-13-5-12-27(33)20-29/h1-5,7-8,10-17,19-20,30,33-34H,6,9,18,21-22H2/t30-/m1/s1. The van der Waals surface area contributed by atoms with Crippen LogP contribution in [0.15, 0.2) is 113 Å². The molecule has 37 heavy (non-hydrogen) atoms. The number of hydrogen-bond acceptors (Lipinski definition) is 5. The molecular weight excluding hydrogens is 506 g/mol. The molecule has 4 aromatic rings. The van der Waals surface area contributed by atoms with E-state index in [1.54, 1.807) is 24.3 Å². The van der Waals surface area contributed by atoms with Crippen molar-refractivity contribution < 1.29 is 18.6 Å². The van der Waals surface area contributed by atoms with Gasteiger partial charge >= 0.3 is 0 Å². The molecule has 0 aromatic heterocycles. The Morgan fingerprint density at radius 3 is 2.22 bits per heavy atom. The van der Waals surface area contributed by atoms with Gasteiger partial charge in [0.15, 0.2) is 0 Å².